The van der Waals surface area contributed by atoms with Crippen LogP contribution in [0.5, 0.6) is 0 Å². The molecule has 0 aromatic carbocycles. The van der Waals surface area contributed by atoms with Crippen LogP contribution in [0.15, 0.2) is 65.7 Å². The molecule has 21 heavy (non-hydrogen) atoms. The van der Waals surface area contributed by atoms with Gasteiger partial charge < -0.3 is 4.57 Å². The number of pyridine rings is 1. The first-order valence-electron chi connectivity index (χ1n) is 7.62. The maximum Gasteiger partial charge on any atom is 0.132 e. The van der Waals surface area contributed by atoms with Gasteiger partial charge >= 0.3 is 0 Å². The van der Waals surface area contributed by atoms with E-state index in [0.29, 0.717) is 0 Å². The Morgan fingerprint density at radius 1 is 1.24 bits per heavy atom. The number of nitrogens with zero attached hydrogens (tertiary/aromatic N) is 2. The van der Waals surface area contributed by atoms with Crippen LogP contribution in [0.3, 0.4) is 0 Å². The second kappa shape index (κ2) is 9.76. The number of rotatable bonds is 3. The summed E-state index contributed by atoms with van der Waals surface area (Å²) in [5, 5.41) is 0. The molecule has 1 aromatic heterocycles. The van der Waals surface area contributed by atoms with Crippen molar-refractivity contribution in [2.45, 2.75) is 33.6 Å². The molecule has 112 valence electrons. The van der Waals surface area contributed by atoms with Gasteiger partial charge in [0.1, 0.15) is 5.49 Å². The zero-order valence-electron chi connectivity index (χ0n) is 13.4. The van der Waals surface area contributed by atoms with Crippen LogP contribution in [-0.2, 0) is 0 Å². The van der Waals surface area contributed by atoms with Crippen LogP contribution in [0.25, 0.3) is 6.20 Å². The molecule has 0 unspecified atom stereocenters. The second-order valence-electron chi connectivity index (χ2n) is 4.55. The SMILES string of the molecule is C=Cn1c(C)cccc1=NC/C1=C/CC=C/C=C\C1.CC. The van der Waals surface area contributed by atoms with Gasteiger partial charge in [-0.05, 0) is 37.5 Å². The molecule has 0 saturated heterocycles. The van der Waals surface area contributed by atoms with Crippen molar-refractivity contribution in [2.24, 2.45) is 4.99 Å². The van der Waals surface area contributed by atoms with Gasteiger partial charge in [-0.1, -0.05) is 56.9 Å². The topological polar surface area (TPSA) is 17.3 Å². The molecule has 0 radical (unpaired) electrons. The molecule has 0 atom stereocenters. The predicted molar refractivity (Wildman–Crippen MR) is 92.9 cm³/mol. The van der Waals surface area contributed by atoms with E-state index >= 15 is 0 Å². The van der Waals surface area contributed by atoms with Crippen molar-refractivity contribution in [2.75, 3.05) is 6.54 Å². The van der Waals surface area contributed by atoms with Crippen molar-refractivity contribution in [3.63, 3.8) is 0 Å². The first kappa shape index (κ1) is 17.0. The average Bonchev–Trinajstić information content (AvgIpc) is 2.48. The average molecular weight is 282 g/mol. The molecule has 1 aliphatic rings. The summed E-state index contributed by atoms with van der Waals surface area (Å²) in [6, 6.07) is 6.11. The summed E-state index contributed by atoms with van der Waals surface area (Å²) in [5.41, 5.74) is 3.46. The Kier molecular flexibility index (Phi) is 7.88. The zero-order valence-corrected chi connectivity index (χ0v) is 13.4. The lowest BCUT2D eigenvalue weighted by atomic mass is 10.1. The molecule has 0 bridgehead atoms. The summed E-state index contributed by atoms with van der Waals surface area (Å²) in [4.78, 5) is 4.70. The van der Waals surface area contributed by atoms with Gasteiger partial charge in [0.2, 0.25) is 0 Å². The summed E-state index contributed by atoms with van der Waals surface area (Å²) in [7, 11) is 0. The predicted octanol–water partition coefficient (Wildman–Crippen LogP) is 4.66. The maximum absolute atomic E-state index is 4.70. The summed E-state index contributed by atoms with van der Waals surface area (Å²) in [5.74, 6) is 0. The molecule has 0 spiro atoms. The number of hydrogen-bond donors (Lipinski definition) is 0. The minimum atomic E-state index is 0.746. The second-order valence-corrected chi connectivity index (χ2v) is 4.55. The fraction of sp³-hybridized carbons (Fsp3) is 0.316. The van der Waals surface area contributed by atoms with E-state index < -0.39 is 0 Å². The van der Waals surface area contributed by atoms with Gasteiger partial charge in [-0.2, -0.15) is 0 Å². The summed E-state index contributed by atoms with van der Waals surface area (Å²) < 4.78 is 2.01. The van der Waals surface area contributed by atoms with Crippen LogP contribution in [0, 0.1) is 6.92 Å². The van der Waals surface area contributed by atoms with Crippen LogP contribution in [0.4, 0.5) is 0 Å². The molecular weight excluding hydrogens is 256 g/mol. The highest BCUT2D eigenvalue weighted by Crippen LogP contribution is 2.08. The largest absolute Gasteiger partial charge is 0.307 e. The van der Waals surface area contributed by atoms with Crippen LogP contribution in [0.2, 0.25) is 0 Å². The number of aryl methyl sites for hydroxylation is 1. The van der Waals surface area contributed by atoms with Crippen molar-refractivity contribution < 1.29 is 0 Å². The molecule has 1 heterocycles. The van der Waals surface area contributed by atoms with Crippen molar-refractivity contribution in [1.82, 2.24) is 4.57 Å². The molecule has 2 nitrogen and oxygen atoms in total. The minimum Gasteiger partial charge on any atom is -0.307 e. The molecule has 1 aromatic rings. The third-order valence-corrected chi connectivity index (χ3v) is 3.14. The maximum atomic E-state index is 4.70. The van der Waals surface area contributed by atoms with Crippen molar-refractivity contribution in [1.29, 1.82) is 0 Å². The highest BCUT2D eigenvalue weighted by Gasteiger charge is 1.96. The van der Waals surface area contributed by atoms with Gasteiger partial charge in [-0.3, -0.25) is 4.99 Å². The van der Waals surface area contributed by atoms with Crippen LogP contribution in [0.1, 0.15) is 32.4 Å². The van der Waals surface area contributed by atoms with E-state index in [2.05, 4.69) is 49.9 Å². The molecule has 2 rings (SSSR count). The first-order valence-corrected chi connectivity index (χ1v) is 7.62. The van der Waals surface area contributed by atoms with Crippen LogP contribution in [-0.4, -0.2) is 11.1 Å². The molecule has 1 aliphatic carbocycles. The molecule has 0 saturated carbocycles. The first-order chi connectivity index (χ1) is 10.3. The van der Waals surface area contributed by atoms with E-state index in [9.17, 15) is 0 Å². The van der Waals surface area contributed by atoms with E-state index in [1.54, 1.807) is 0 Å². The molecule has 0 fully saturated rings. The molecular formula is C19H26N2. The van der Waals surface area contributed by atoms with E-state index in [1.807, 2.05) is 36.7 Å². The van der Waals surface area contributed by atoms with Crippen molar-refractivity contribution in [3.05, 3.63) is 71.9 Å². The van der Waals surface area contributed by atoms with Crippen molar-refractivity contribution in [3.8, 4) is 0 Å². The number of aromatic nitrogens is 1. The lowest BCUT2D eigenvalue weighted by molar-refractivity contribution is 0.901. The summed E-state index contributed by atoms with van der Waals surface area (Å²) in [6.45, 7) is 10.6. The monoisotopic (exact) mass is 282 g/mol. The van der Waals surface area contributed by atoms with Crippen LogP contribution >= 0.6 is 0 Å². The lowest BCUT2D eigenvalue weighted by Crippen LogP contribution is -2.18. The van der Waals surface area contributed by atoms with Gasteiger partial charge in [0, 0.05) is 11.9 Å². The summed E-state index contributed by atoms with van der Waals surface area (Å²) >= 11 is 0. The molecule has 0 N–H and O–H groups in total. The fourth-order valence-electron chi connectivity index (χ4n) is 2.07. The van der Waals surface area contributed by atoms with Crippen molar-refractivity contribution >= 4 is 6.20 Å². The lowest BCUT2D eigenvalue weighted by Gasteiger charge is -2.06. The third-order valence-electron chi connectivity index (χ3n) is 3.14. The Bertz CT molecular complexity index is 598. The van der Waals surface area contributed by atoms with Gasteiger partial charge in [0.25, 0.3) is 0 Å². The Hall–Kier alpha value is -2.09. The minimum absolute atomic E-state index is 0.746. The van der Waals surface area contributed by atoms with Gasteiger partial charge in [0.15, 0.2) is 0 Å². The van der Waals surface area contributed by atoms with Crippen LogP contribution < -0.4 is 5.49 Å². The number of hydrogen-bond acceptors (Lipinski definition) is 1. The van der Waals surface area contributed by atoms with E-state index in [-0.39, 0.29) is 0 Å². The van der Waals surface area contributed by atoms with Gasteiger partial charge in [-0.15, -0.1) is 0 Å². The standard InChI is InChI=1S/C17H20N2.C2H6/c1-3-19-15(2)10-9-13-17(19)18-14-16-11-7-5-4-6-8-12-16;1-2/h3-7,9-10,12-13H,1,8,11,14H2,2H3;1-2H3/b6-4?,7-5-,16-12+,18-17?;. The quantitative estimate of drug-likeness (QED) is 0.718. The van der Waals surface area contributed by atoms with E-state index in [0.717, 1.165) is 30.6 Å². The third kappa shape index (κ3) is 5.42. The normalized spacial score (nSPS) is 18.6. The molecule has 0 aliphatic heterocycles. The molecule has 2 heteroatoms. The highest BCUT2D eigenvalue weighted by molar-refractivity contribution is 5.23. The zero-order chi connectivity index (χ0) is 15.5. The smallest absolute Gasteiger partial charge is 0.132 e. The Labute approximate surface area is 128 Å². The Balaban J connectivity index is 0.00000106. The van der Waals surface area contributed by atoms with Gasteiger partial charge in [-0.25, -0.2) is 0 Å². The fourth-order valence-corrected chi connectivity index (χ4v) is 2.07. The number of allylic oxidation sites excluding steroid dienone is 5. The van der Waals surface area contributed by atoms with E-state index in [4.69, 9.17) is 4.99 Å². The Morgan fingerprint density at radius 2 is 2.00 bits per heavy atom. The Morgan fingerprint density at radius 3 is 2.76 bits per heavy atom. The van der Waals surface area contributed by atoms with Gasteiger partial charge in [0.05, 0.1) is 6.54 Å². The molecule has 0 amide bonds. The highest BCUT2D eigenvalue weighted by atomic mass is 15.0. The van der Waals surface area contributed by atoms with E-state index in [1.165, 1.54) is 5.57 Å². The summed E-state index contributed by atoms with van der Waals surface area (Å²) in [6.07, 6.45) is 14.6.